The lowest BCUT2D eigenvalue weighted by molar-refractivity contribution is -0.138. The first-order valence-electron chi connectivity index (χ1n) is 7.08. The van der Waals surface area contributed by atoms with E-state index < -0.39 is 6.04 Å². The van der Waals surface area contributed by atoms with E-state index in [0.29, 0.717) is 26.4 Å². The van der Waals surface area contributed by atoms with Gasteiger partial charge in [-0.3, -0.25) is 4.79 Å². The standard InChI is InChI=1S/C16H20N2O3/c1-12-7-13(2)9-15(8-12)21-5-3-16(19)18-4-6-20-11-14(18)10-17/h7-9,14H,3-6,11H2,1-2H3/t14-/m1/s1. The van der Waals surface area contributed by atoms with Crippen LogP contribution in [-0.4, -0.2) is 43.2 Å². The summed E-state index contributed by atoms with van der Waals surface area (Å²) in [4.78, 5) is 13.7. The van der Waals surface area contributed by atoms with Crippen LogP contribution >= 0.6 is 0 Å². The minimum absolute atomic E-state index is 0.0609. The molecule has 0 spiro atoms. The topological polar surface area (TPSA) is 62.6 Å². The molecule has 1 aliphatic rings. The van der Waals surface area contributed by atoms with Crippen molar-refractivity contribution < 1.29 is 14.3 Å². The zero-order valence-corrected chi connectivity index (χ0v) is 12.5. The Bertz CT molecular complexity index is 531. The lowest BCUT2D eigenvalue weighted by Crippen LogP contribution is -2.48. The molecule has 1 saturated heterocycles. The van der Waals surface area contributed by atoms with Gasteiger partial charge in [-0.05, 0) is 37.1 Å². The second kappa shape index (κ2) is 7.09. The maximum Gasteiger partial charge on any atom is 0.227 e. The van der Waals surface area contributed by atoms with Gasteiger partial charge in [-0.1, -0.05) is 6.07 Å². The molecule has 5 nitrogen and oxygen atoms in total. The van der Waals surface area contributed by atoms with Gasteiger partial charge in [0.05, 0.1) is 32.3 Å². The van der Waals surface area contributed by atoms with E-state index in [0.717, 1.165) is 16.9 Å². The molecule has 1 aromatic rings. The van der Waals surface area contributed by atoms with E-state index in [9.17, 15) is 4.79 Å². The van der Waals surface area contributed by atoms with Gasteiger partial charge in [0, 0.05) is 6.54 Å². The summed E-state index contributed by atoms with van der Waals surface area (Å²) in [7, 11) is 0. The van der Waals surface area contributed by atoms with E-state index in [2.05, 4.69) is 12.1 Å². The molecule has 1 atom stereocenters. The molecule has 5 heteroatoms. The molecule has 1 amide bonds. The quantitative estimate of drug-likeness (QED) is 0.848. The SMILES string of the molecule is Cc1cc(C)cc(OCCC(=O)N2CCOC[C@H]2C#N)c1. The Morgan fingerprint density at radius 2 is 2.14 bits per heavy atom. The highest BCUT2D eigenvalue weighted by Gasteiger charge is 2.26. The van der Waals surface area contributed by atoms with Crippen molar-refractivity contribution in [1.29, 1.82) is 5.26 Å². The second-order valence-electron chi connectivity index (χ2n) is 5.23. The first-order chi connectivity index (χ1) is 10.1. The highest BCUT2D eigenvalue weighted by Crippen LogP contribution is 2.16. The van der Waals surface area contributed by atoms with Gasteiger partial charge in [0.2, 0.25) is 5.91 Å². The number of carbonyl (C=O) groups excluding carboxylic acids is 1. The normalized spacial score (nSPS) is 18.1. The smallest absolute Gasteiger partial charge is 0.227 e. The van der Waals surface area contributed by atoms with Crippen LogP contribution in [0.5, 0.6) is 5.75 Å². The summed E-state index contributed by atoms with van der Waals surface area (Å²) in [6.07, 6.45) is 0.269. The molecule has 2 rings (SSSR count). The molecule has 0 bridgehead atoms. The van der Waals surface area contributed by atoms with Gasteiger partial charge in [0.25, 0.3) is 0 Å². The van der Waals surface area contributed by atoms with E-state index in [4.69, 9.17) is 14.7 Å². The zero-order chi connectivity index (χ0) is 15.2. The number of carbonyl (C=O) groups is 1. The van der Waals surface area contributed by atoms with Crippen molar-refractivity contribution in [2.45, 2.75) is 26.3 Å². The largest absolute Gasteiger partial charge is 0.493 e. The van der Waals surface area contributed by atoms with E-state index in [1.165, 1.54) is 0 Å². The third kappa shape index (κ3) is 4.20. The molecule has 1 fully saturated rings. The minimum Gasteiger partial charge on any atom is -0.493 e. The Morgan fingerprint density at radius 3 is 2.81 bits per heavy atom. The average Bonchev–Trinajstić information content (AvgIpc) is 2.46. The summed E-state index contributed by atoms with van der Waals surface area (Å²) in [5.41, 5.74) is 2.27. The number of hydrogen-bond donors (Lipinski definition) is 0. The molecule has 0 saturated carbocycles. The Hall–Kier alpha value is -2.06. The Labute approximate surface area is 125 Å². The molecule has 1 heterocycles. The number of aryl methyl sites for hydroxylation is 2. The van der Waals surface area contributed by atoms with Crippen molar-refractivity contribution in [3.05, 3.63) is 29.3 Å². The van der Waals surface area contributed by atoms with Gasteiger partial charge in [0.1, 0.15) is 11.8 Å². The molecule has 112 valence electrons. The Morgan fingerprint density at radius 1 is 1.43 bits per heavy atom. The molecule has 0 radical (unpaired) electrons. The van der Waals surface area contributed by atoms with Crippen molar-refractivity contribution in [1.82, 2.24) is 4.90 Å². The molecular weight excluding hydrogens is 268 g/mol. The molecule has 0 aliphatic carbocycles. The highest BCUT2D eigenvalue weighted by atomic mass is 16.5. The Balaban J connectivity index is 1.85. The van der Waals surface area contributed by atoms with Crippen LogP contribution in [0.4, 0.5) is 0 Å². The minimum atomic E-state index is -0.479. The summed E-state index contributed by atoms with van der Waals surface area (Å²) in [6, 6.07) is 7.59. The van der Waals surface area contributed by atoms with Crippen LogP contribution in [0.25, 0.3) is 0 Å². The van der Waals surface area contributed by atoms with Crippen LogP contribution in [0.15, 0.2) is 18.2 Å². The van der Waals surface area contributed by atoms with Crippen molar-refractivity contribution in [3.8, 4) is 11.8 Å². The van der Waals surface area contributed by atoms with Gasteiger partial charge in [0.15, 0.2) is 0 Å². The number of nitriles is 1. The molecule has 21 heavy (non-hydrogen) atoms. The highest BCUT2D eigenvalue weighted by molar-refractivity contribution is 5.77. The first-order valence-corrected chi connectivity index (χ1v) is 7.08. The van der Waals surface area contributed by atoms with Gasteiger partial charge in [-0.15, -0.1) is 0 Å². The number of ether oxygens (including phenoxy) is 2. The summed E-state index contributed by atoms with van der Waals surface area (Å²) in [5, 5.41) is 9.02. The number of rotatable bonds is 4. The first kappa shape index (κ1) is 15.3. The average molecular weight is 288 g/mol. The van der Waals surface area contributed by atoms with Crippen molar-refractivity contribution in [3.63, 3.8) is 0 Å². The monoisotopic (exact) mass is 288 g/mol. The molecule has 0 aromatic heterocycles. The predicted octanol–water partition coefficient (Wildman–Crippen LogP) is 1.82. The molecule has 0 unspecified atom stereocenters. The molecule has 1 aromatic carbocycles. The van der Waals surface area contributed by atoms with Gasteiger partial charge < -0.3 is 14.4 Å². The van der Waals surface area contributed by atoms with Crippen LogP contribution in [0.3, 0.4) is 0 Å². The summed E-state index contributed by atoms with van der Waals surface area (Å²) in [5.74, 6) is 0.716. The zero-order valence-electron chi connectivity index (χ0n) is 12.5. The Kier molecular flexibility index (Phi) is 5.18. The number of benzene rings is 1. The van der Waals surface area contributed by atoms with E-state index in [1.54, 1.807) is 4.90 Å². The molecular formula is C16H20N2O3. The number of hydrogen-bond acceptors (Lipinski definition) is 4. The van der Waals surface area contributed by atoms with Crippen LogP contribution in [0.2, 0.25) is 0 Å². The van der Waals surface area contributed by atoms with Crippen LogP contribution in [0, 0.1) is 25.2 Å². The fourth-order valence-corrected chi connectivity index (χ4v) is 2.43. The molecule has 1 aliphatic heterocycles. The van der Waals surface area contributed by atoms with Gasteiger partial charge >= 0.3 is 0 Å². The van der Waals surface area contributed by atoms with Crippen molar-refractivity contribution in [2.75, 3.05) is 26.4 Å². The van der Waals surface area contributed by atoms with Crippen LogP contribution < -0.4 is 4.74 Å². The summed E-state index contributed by atoms with van der Waals surface area (Å²) < 4.78 is 10.8. The maximum absolute atomic E-state index is 12.1. The predicted molar refractivity (Wildman–Crippen MR) is 78.0 cm³/mol. The van der Waals surface area contributed by atoms with Gasteiger partial charge in [-0.2, -0.15) is 5.26 Å². The third-order valence-corrected chi connectivity index (χ3v) is 3.38. The fourth-order valence-electron chi connectivity index (χ4n) is 2.43. The second-order valence-corrected chi connectivity index (χ2v) is 5.23. The maximum atomic E-state index is 12.1. The number of amides is 1. The lowest BCUT2D eigenvalue weighted by Gasteiger charge is -2.31. The van der Waals surface area contributed by atoms with E-state index in [1.807, 2.05) is 26.0 Å². The summed E-state index contributed by atoms with van der Waals surface area (Å²) >= 11 is 0. The number of nitrogens with zero attached hydrogens (tertiary/aromatic N) is 2. The van der Waals surface area contributed by atoms with Crippen LogP contribution in [-0.2, 0) is 9.53 Å². The van der Waals surface area contributed by atoms with E-state index in [-0.39, 0.29) is 12.3 Å². The number of morpholine rings is 1. The summed E-state index contributed by atoms with van der Waals surface area (Å²) in [6.45, 7) is 5.59. The lowest BCUT2D eigenvalue weighted by atomic mass is 10.1. The van der Waals surface area contributed by atoms with Crippen molar-refractivity contribution >= 4 is 5.91 Å². The van der Waals surface area contributed by atoms with Crippen LogP contribution in [0.1, 0.15) is 17.5 Å². The van der Waals surface area contributed by atoms with Gasteiger partial charge in [-0.25, -0.2) is 0 Å². The van der Waals surface area contributed by atoms with E-state index >= 15 is 0 Å². The molecule has 0 N–H and O–H groups in total. The fraction of sp³-hybridized carbons (Fsp3) is 0.500. The third-order valence-electron chi connectivity index (χ3n) is 3.38. The van der Waals surface area contributed by atoms with Crippen molar-refractivity contribution in [2.24, 2.45) is 0 Å².